The Balaban J connectivity index is 4.51. The summed E-state index contributed by atoms with van der Waals surface area (Å²) in [6.45, 7) is 8.27. The maximum atomic E-state index is 11.7. The van der Waals surface area contributed by atoms with Gasteiger partial charge in [0.25, 0.3) is 0 Å². The molecule has 2 N–H and O–H groups in total. The van der Waals surface area contributed by atoms with Crippen molar-refractivity contribution in [3.63, 3.8) is 0 Å². The summed E-state index contributed by atoms with van der Waals surface area (Å²) in [4.78, 5) is 22.3. The van der Waals surface area contributed by atoms with Gasteiger partial charge in [-0.2, -0.15) is 0 Å². The van der Waals surface area contributed by atoms with Crippen LogP contribution in [0.3, 0.4) is 0 Å². The van der Waals surface area contributed by atoms with Crippen LogP contribution in [0.5, 0.6) is 0 Å². The minimum Gasteiger partial charge on any atom is -0.481 e. The molecule has 0 saturated heterocycles. The summed E-state index contributed by atoms with van der Waals surface area (Å²) < 4.78 is 0. The molecule has 124 valence electrons. The number of carbonyl (C=O) groups is 2. The van der Waals surface area contributed by atoms with Crippen LogP contribution in [0, 0.1) is 5.41 Å². The van der Waals surface area contributed by atoms with Gasteiger partial charge in [0, 0.05) is 13.9 Å². The second kappa shape index (κ2) is 10.9. The molecule has 0 spiro atoms. The van der Waals surface area contributed by atoms with E-state index in [2.05, 4.69) is 43.7 Å². The zero-order valence-corrected chi connectivity index (χ0v) is 18.3. The molecule has 4 nitrogen and oxygen atoms in total. The lowest BCUT2D eigenvalue weighted by atomic mass is 9.94. The third kappa shape index (κ3) is 11.4. The molecule has 0 fully saturated rings. The second-order valence-electron chi connectivity index (χ2n) is 6.13. The van der Waals surface area contributed by atoms with Crippen LogP contribution < -0.4 is 5.09 Å². The number of hydrogen-bond donors (Lipinski definition) is 2. The number of Topliss-reactive ketones (excluding diaryl/α,β-unsaturated/α-hetero) is 1. The summed E-state index contributed by atoms with van der Waals surface area (Å²) in [6, 6.07) is -0.328. The molecule has 0 bridgehead atoms. The monoisotopic (exact) mass is 389 g/mol. The van der Waals surface area contributed by atoms with E-state index in [4.69, 9.17) is 5.11 Å². The van der Waals surface area contributed by atoms with Crippen LogP contribution in [0.1, 0.15) is 47.0 Å². The van der Waals surface area contributed by atoms with Crippen LogP contribution in [0.2, 0.25) is 0 Å². The summed E-state index contributed by atoms with van der Waals surface area (Å²) in [6.07, 6.45) is 2.77. The van der Waals surface area contributed by atoms with E-state index in [0.29, 0.717) is 11.8 Å². The Bertz CT molecular complexity index is 348. The highest BCUT2D eigenvalue weighted by Gasteiger charge is 2.24. The van der Waals surface area contributed by atoms with Crippen LogP contribution >= 0.6 is 40.6 Å². The minimum absolute atomic E-state index is 0.0315. The van der Waals surface area contributed by atoms with E-state index in [0.717, 1.165) is 7.96 Å². The lowest BCUT2D eigenvalue weighted by Gasteiger charge is -2.29. The quantitative estimate of drug-likeness (QED) is 0.527. The van der Waals surface area contributed by atoms with E-state index in [9.17, 15) is 9.59 Å². The zero-order chi connectivity index (χ0) is 16.6. The Kier molecular flexibility index (Phi) is 11.6. The van der Waals surface area contributed by atoms with Crippen molar-refractivity contribution in [2.75, 3.05) is 6.16 Å². The molecule has 0 saturated carbocycles. The number of nitrogens with one attached hydrogen (secondary N) is 1. The summed E-state index contributed by atoms with van der Waals surface area (Å²) in [5.41, 5.74) is 0.328. The molecular weight excluding hydrogens is 361 g/mol. The highest BCUT2D eigenvalue weighted by atomic mass is 32.7. The molecule has 21 heavy (non-hydrogen) atoms. The molecule has 0 aliphatic heterocycles. The number of carbonyl (C=O) groups excluding carboxylic acids is 1. The Labute approximate surface area is 137 Å². The first-order valence-electron chi connectivity index (χ1n) is 6.83. The van der Waals surface area contributed by atoms with E-state index in [1.165, 1.54) is 19.5 Å². The summed E-state index contributed by atoms with van der Waals surface area (Å²) in [7, 11) is 5.87. The minimum atomic E-state index is -0.848. The van der Waals surface area contributed by atoms with Crippen LogP contribution in [0.15, 0.2) is 0 Å². The maximum Gasteiger partial charge on any atom is 0.303 e. The Morgan fingerprint density at radius 3 is 2.33 bits per heavy atom. The lowest BCUT2D eigenvalue weighted by Crippen LogP contribution is -2.31. The third-order valence-corrected chi connectivity index (χ3v) is 21.8. The van der Waals surface area contributed by atoms with Gasteiger partial charge in [0.05, 0.1) is 6.04 Å². The number of rotatable bonds is 10. The molecule has 9 heteroatoms. The molecule has 0 rings (SSSR count). The predicted molar refractivity (Wildman–Crippen MR) is 105 cm³/mol. The molecule has 5 unspecified atom stereocenters. The maximum absolute atomic E-state index is 11.7. The van der Waals surface area contributed by atoms with Crippen molar-refractivity contribution in [2.24, 2.45) is 5.41 Å². The Morgan fingerprint density at radius 1 is 1.38 bits per heavy atom. The third-order valence-electron chi connectivity index (χ3n) is 2.91. The Morgan fingerprint density at radius 2 is 1.95 bits per heavy atom. The molecule has 0 aromatic heterocycles. The second-order valence-corrected chi connectivity index (χ2v) is 20.0. The molecule has 0 aromatic rings. The van der Waals surface area contributed by atoms with Crippen molar-refractivity contribution in [1.29, 1.82) is 0 Å². The van der Waals surface area contributed by atoms with Crippen molar-refractivity contribution in [3.8, 4) is 0 Å². The first-order valence-corrected chi connectivity index (χ1v) is 15.7. The van der Waals surface area contributed by atoms with Gasteiger partial charge >= 0.3 is 5.97 Å². The van der Waals surface area contributed by atoms with Gasteiger partial charge in [-0.1, -0.05) is 37.7 Å². The Hall–Kier alpha value is 1.25. The zero-order valence-electron chi connectivity index (χ0n) is 13.2. The average Bonchev–Trinajstić information content (AvgIpc) is 2.33. The number of hydrogen-bond acceptors (Lipinski definition) is 3. The predicted octanol–water partition coefficient (Wildman–Crippen LogP) is 4.80. The number of carboxylic acids is 1. The van der Waals surface area contributed by atoms with Gasteiger partial charge in [-0.3, -0.25) is 14.7 Å². The number of carboxylic acid groups (broad SMARTS) is 1. The summed E-state index contributed by atoms with van der Waals surface area (Å²) >= 11 is 0. The van der Waals surface area contributed by atoms with Crippen molar-refractivity contribution in [1.82, 2.24) is 5.09 Å². The molecule has 0 aromatic carbocycles. The standard InChI is InChI=1S/C12H28NO3P5/c1-9(14)10(5-6-11(15)16)13-21(18)20(19-17)8-7-12(2,3)4/h10,13,19H,5-8,17-18H2,1-4H3,(H,15,16)/t10-,20?,21?/m0/s1. The van der Waals surface area contributed by atoms with Gasteiger partial charge in [-0.25, -0.2) is 0 Å². The molecule has 6 atom stereocenters. The smallest absolute Gasteiger partial charge is 0.303 e. The van der Waals surface area contributed by atoms with Crippen molar-refractivity contribution in [2.45, 2.75) is 53.0 Å². The highest BCUT2D eigenvalue weighted by Crippen LogP contribution is 2.83. The lowest BCUT2D eigenvalue weighted by molar-refractivity contribution is -0.137. The van der Waals surface area contributed by atoms with E-state index in [1.807, 2.05) is 0 Å². The van der Waals surface area contributed by atoms with Gasteiger partial charge < -0.3 is 5.11 Å². The fourth-order valence-electron chi connectivity index (χ4n) is 1.53. The SMILES string of the molecule is CC(=O)[C@H](CCC(=O)O)NP(P)P(CCC(C)(C)C)PP. The largest absolute Gasteiger partial charge is 0.481 e. The molecule has 0 aliphatic rings. The average molecular weight is 389 g/mol. The topological polar surface area (TPSA) is 66.4 Å². The molecular formula is C12H28NO3P5. The number of ketones is 1. The normalized spacial score (nSPS) is 16.9. The van der Waals surface area contributed by atoms with Crippen LogP contribution in [0.25, 0.3) is 0 Å². The van der Waals surface area contributed by atoms with Crippen LogP contribution in [-0.2, 0) is 9.59 Å². The van der Waals surface area contributed by atoms with Gasteiger partial charge in [0.1, 0.15) is 5.78 Å². The first kappa shape index (κ1) is 22.2. The first-order chi connectivity index (χ1) is 9.56. The van der Waals surface area contributed by atoms with Gasteiger partial charge in [-0.15, -0.1) is 8.93 Å². The fourth-order valence-corrected chi connectivity index (χ4v) is 19.7. The van der Waals surface area contributed by atoms with Crippen LogP contribution in [0.4, 0.5) is 0 Å². The van der Waals surface area contributed by atoms with E-state index < -0.39 is 13.4 Å². The van der Waals surface area contributed by atoms with Crippen LogP contribution in [-0.4, -0.2) is 29.1 Å². The summed E-state index contributed by atoms with van der Waals surface area (Å²) in [5.74, 6) is -0.817. The van der Waals surface area contributed by atoms with E-state index in [-0.39, 0.29) is 25.5 Å². The molecule has 0 heterocycles. The van der Waals surface area contributed by atoms with Gasteiger partial charge in [0.2, 0.25) is 0 Å². The van der Waals surface area contributed by atoms with Crippen molar-refractivity contribution >= 4 is 52.3 Å². The highest BCUT2D eigenvalue weighted by molar-refractivity contribution is 8.76. The van der Waals surface area contributed by atoms with E-state index >= 15 is 0 Å². The molecule has 0 amide bonds. The van der Waals surface area contributed by atoms with Crippen molar-refractivity contribution in [3.05, 3.63) is 0 Å². The fraction of sp³-hybridized carbons (Fsp3) is 0.833. The van der Waals surface area contributed by atoms with Gasteiger partial charge in [-0.05, 0) is 38.6 Å². The summed E-state index contributed by atoms with van der Waals surface area (Å²) in [5, 5.41) is 12.2. The van der Waals surface area contributed by atoms with Gasteiger partial charge in [0.15, 0.2) is 0 Å². The number of aliphatic carboxylic acids is 1. The molecule has 0 aliphatic carbocycles. The van der Waals surface area contributed by atoms with E-state index in [1.54, 1.807) is 0 Å². The molecule has 0 radical (unpaired) electrons. The van der Waals surface area contributed by atoms with Crippen molar-refractivity contribution < 1.29 is 14.7 Å².